The lowest BCUT2D eigenvalue weighted by molar-refractivity contribution is 0.101. The second-order valence-corrected chi connectivity index (χ2v) is 5.62. The molecule has 0 atom stereocenters. The predicted molar refractivity (Wildman–Crippen MR) is 79.7 cm³/mol. The molecule has 100 valence electrons. The number of hydrogen-bond acceptors (Lipinski definition) is 2. The molecule has 1 amide bonds. The molecule has 0 aromatic carbocycles. The van der Waals surface area contributed by atoms with Gasteiger partial charge in [-0.25, -0.2) is 4.98 Å². The van der Waals surface area contributed by atoms with Gasteiger partial charge in [-0.05, 0) is 48.0 Å². The molecule has 0 aliphatic heterocycles. The SMILES string of the molecule is CC(C)n1cc(Cl)cc1C(=O)Nc1ncccc1Br. The van der Waals surface area contributed by atoms with Crippen molar-refractivity contribution in [3.63, 3.8) is 0 Å². The van der Waals surface area contributed by atoms with Crippen molar-refractivity contribution in [1.82, 2.24) is 9.55 Å². The van der Waals surface area contributed by atoms with Gasteiger partial charge in [0.15, 0.2) is 0 Å². The molecular weight excluding hydrogens is 330 g/mol. The van der Waals surface area contributed by atoms with Crippen LogP contribution in [-0.2, 0) is 0 Å². The van der Waals surface area contributed by atoms with Gasteiger partial charge in [-0.15, -0.1) is 0 Å². The van der Waals surface area contributed by atoms with E-state index in [1.807, 2.05) is 24.5 Å². The van der Waals surface area contributed by atoms with Crippen LogP contribution >= 0.6 is 27.5 Å². The number of carbonyl (C=O) groups is 1. The summed E-state index contributed by atoms with van der Waals surface area (Å²) in [6.07, 6.45) is 3.36. The standard InChI is InChI=1S/C13H13BrClN3O/c1-8(2)18-7-9(15)6-11(18)13(19)17-12-10(14)4-3-5-16-12/h3-8H,1-2H3,(H,16,17,19). The minimum absolute atomic E-state index is 0.153. The Morgan fingerprint density at radius 3 is 2.89 bits per heavy atom. The van der Waals surface area contributed by atoms with Crippen LogP contribution in [0.2, 0.25) is 5.02 Å². The summed E-state index contributed by atoms with van der Waals surface area (Å²) >= 11 is 9.30. The normalized spacial score (nSPS) is 10.8. The smallest absolute Gasteiger partial charge is 0.273 e. The van der Waals surface area contributed by atoms with Gasteiger partial charge in [0.05, 0.1) is 9.50 Å². The highest BCUT2D eigenvalue weighted by Gasteiger charge is 2.16. The molecule has 2 aromatic heterocycles. The lowest BCUT2D eigenvalue weighted by Gasteiger charge is -2.12. The molecule has 0 spiro atoms. The van der Waals surface area contributed by atoms with Gasteiger partial charge >= 0.3 is 0 Å². The van der Waals surface area contributed by atoms with Crippen LogP contribution in [0.1, 0.15) is 30.4 Å². The maximum atomic E-state index is 12.3. The number of halogens is 2. The molecule has 4 nitrogen and oxygen atoms in total. The molecule has 0 aliphatic rings. The second-order valence-electron chi connectivity index (χ2n) is 4.33. The summed E-state index contributed by atoms with van der Waals surface area (Å²) in [7, 11) is 0. The maximum Gasteiger partial charge on any atom is 0.273 e. The summed E-state index contributed by atoms with van der Waals surface area (Å²) in [6, 6.07) is 5.40. The van der Waals surface area contributed by atoms with Crippen molar-refractivity contribution in [3.05, 3.63) is 45.8 Å². The Labute approximate surface area is 124 Å². The highest BCUT2D eigenvalue weighted by molar-refractivity contribution is 9.10. The zero-order valence-corrected chi connectivity index (χ0v) is 12.9. The number of hydrogen-bond donors (Lipinski definition) is 1. The third-order valence-corrected chi connectivity index (χ3v) is 3.44. The van der Waals surface area contributed by atoms with Crippen LogP contribution in [0.4, 0.5) is 5.82 Å². The molecule has 0 saturated carbocycles. The van der Waals surface area contributed by atoms with Crippen LogP contribution in [0, 0.1) is 0 Å². The molecule has 0 unspecified atom stereocenters. The quantitative estimate of drug-likeness (QED) is 0.911. The topological polar surface area (TPSA) is 46.9 Å². The van der Waals surface area contributed by atoms with Crippen molar-refractivity contribution >= 4 is 39.3 Å². The highest BCUT2D eigenvalue weighted by Crippen LogP contribution is 2.22. The van der Waals surface area contributed by atoms with Crippen molar-refractivity contribution in [2.24, 2.45) is 0 Å². The van der Waals surface area contributed by atoms with E-state index in [0.717, 1.165) is 4.47 Å². The van der Waals surface area contributed by atoms with Crippen LogP contribution in [0.5, 0.6) is 0 Å². The van der Waals surface area contributed by atoms with Gasteiger partial charge in [-0.3, -0.25) is 4.79 Å². The Kier molecular flexibility index (Phi) is 4.27. The van der Waals surface area contributed by atoms with Crippen molar-refractivity contribution in [3.8, 4) is 0 Å². The number of carbonyl (C=O) groups excluding carboxylic acids is 1. The van der Waals surface area contributed by atoms with E-state index in [2.05, 4.69) is 26.2 Å². The molecule has 0 bridgehead atoms. The maximum absolute atomic E-state index is 12.3. The largest absolute Gasteiger partial charge is 0.339 e. The summed E-state index contributed by atoms with van der Waals surface area (Å²) < 4.78 is 2.56. The first-order chi connectivity index (χ1) is 8.99. The number of rotatable bonds is 3. The minimum atomic E-state index is -0.236. The minimum Gasteiger partial charge on any atom is -0.339 e. The molecule has 0 radical (unpaired) electrons. The summed E-state index contributed by atoms with van der Waals surface area (Å²) in [6.45, 7) is 3.98. The molecule has 19 heavy (non-hydrogen) atoms. The summed E-state index contributed by atoms with van der Waals surface area (Å²) in [5, 5.41) is 3.30. The molecule has 0 fully saturated rings. The van der Waals surface area contributed by atoms with Crippen molar-refractivity contribution in [1.29, 1.82) is 0 Å². The zero-order valence-electron chi connectivity index (χ0n) is 10.5. The summed E-state index contributed by atoms with van der Waals surface area (Å²) in [5.74, 6) is 0.250. The third kappa shape index (κ3) is 3.16. The average Bonchev–Trinajstić information content (AvgIpc) is 2.74. The number of nitrogens with one attached hydrogen (secondary N) is 1. The van der Waals surface area contributed by atoms with Crippen molar-refractivity contribution < 1.29 is 4.79 Å². The number of anilines is 1. The summed E-state index contributed by atoms with van der Waals surface area (Å²) in [5.41, 5.74) is 0.512. The van der Waals surface area contributed by atoms with Crippen LogP contribution in [0.15, 0.2) is 35.1 Å². The molecular formula is C13H13BrClN3O. The van der Waals surface area contributed by atoms with Crippen LogP contribution < -0.4 is 5.32 Å². The zero-order chi connectivity index (χ0) is 14.0. The fraction of sp³-hybridized carbons (Fsp3) is 0.231. The van der Waals surface area contributed by atoms with Crippen LogP contribution in [0.3, 0.4) is 0 Å². The molecule has 0 saturated heterocycles. The second kappa shape index (κ2) is 5.75. The van der Waals surface area contributed by atoms with E-state index in [1.165, 1.54) is 0 Å². The first kappa shape index (κ1) is 14.1. The number of pyridine rings is 1. The highest BCUT2D eigenvalue weighted by atomic mass is 79.9. The van der Waals surface area contributed by atoms with E-state index in [1.54, 1.807) is 24.5 Å². The van der Waals surface area contributed by atoms with Gasteiger partial charge in [-0.1, -0.05) is 11.6 Å². The van der Waals surface area contributed by atoms with E-state index in [9.17, 15) is 4.79 Å². The molecule has 6 heteroatoms. The fourth-order valence-electron chi connectivity index (χ4n) is 1.70. The predicted octanol–water partition coefficient (Wildman–Crippen LogP) is 4.13. The van der Waals surface area contributed by atoms with E-state index in [4.69, 9.17) is 11.6 Å². The Bertz CT molecular complexity index is 610. The first-order valence-electron chi connectivity index (χ1n) is 5.78. The van der Waals surface area contributed by atoms with Crippen LogP contribution in [0.25, 0.3) is 0 Å². The van der Waals surface area contributed by atoms with Gasteiger partial charge in [0.1, 0.15) is 11.5 Å². The number of nitrogens with zero attached hydrogens (tertiary/aromatic N) is 2. The lowest BCUT2D eigenvalue weighted by atomic mass is 10.3. The number of aromatic nitrogens is 2. The third-order valence-electron chi connectivity index (χ3n) is 2.59. The van der Waals surface area contributed by atoms with Crippen molar-refractivity contribution in [2.45, 2.75) is 19.9 Å². The molecule has 0 aliphatic carbocycles. The van der Waals surface area contributed by atoms with Gasteiger partial charge < -0.3 is 9.88 Å². The monoisotopic (exact) mass is 341 g/mol. The van der Waals surface area contributed by atoms with E-state index in [0.29, 0.717) is 16.5 Å². The van der Waals surface area contributed by atoms with Crippen LogP contribution in [-0.4, -0.2) is 15.5 Å². The molecule has 2 rings (SSSR count). The van der Waals surface area contributed by atoms with E-state index in [-0.39, 0.29) is 11.9 Å². The Balaban J connectivity index is 2.28. The Morgan fingerprint density at radius 1 is 1.53 bits per heavy atom. The fourth-order valence-corrected chi connectivity index (χ4v) is 2.27. The average molecular weight is 343 g/mol. The van der Waals surface area contributed by atoms with Gasteiger partial charge in [0.25, 0.3) is 5.91 Å². The van der Waals surface area contributed by atoms with E-state index >= 15 is 0 Å². The van der Waals surface area contributed by atoms with Gasteiger partial charge in [-0.2, -0.15) is 0 Å². The lowest BCUT2D eigenvalue weighted by Crippen LogP contribution is -2.18. The number of amides is 1. The Morgan fingerprint density at radius 2 is 2.26 bits per heavy atom. The van der Waals surface area contributed by atoms with E-state index < -0.39 is 0 Å². The molecule has 2 aromatic rings. The Hall–Kier alpha value is -1.33. The van der Waals surface area contributed by atoms with Gasteiger partial charge in [0.2, 0.25) is 0 Å². The molecule has 1 N–H and O–H groups in total. The van der Waals surface area contributed by atoms with Gasteiger partial charge in [0, 0.05) is 18.4 Å². The first-order valence-corrected chi connectivity index (χ1v) is 6.95. The van der Waals surface area contributed by atoms with Crippen molar-refractivity contribution in [2.75, 3.05) is 5.32 Å². The molecule has 2 heterocycles. The summed E-state index contributed by atoms with van der Waals surface area (Å²) in [4.78, 5) is 16.4.